The number of benzene rings is 1. The van der Waals surface area contributed by atoms with E-state index in [1.165, 1.54) is 0 Å². The molecule has 2 rings (SSSR count). The molecule has 0 radical (unpaired) electrons. The largest absolute Gasteiger partial charge is 0.357 e. The second-order valence-electron chi connectivity index (χ2n) is 3.31. The van der Waals surface area contributed by atoms with Crippen molar-refractivity contribution in [3.05, 3.63) is 28.2 Å². The van der Waals surface area contributed by atoms with E-state index in [4.69, 9.17) is 23.2 Å². The molecular formula is C10H10Cl2N4. The van der Waals surface area contributed by atoms with Crippen molar-refractivity contribution in [3.8, 4) is 11.4 Å². The summed E-state index contributed by atoms with van der Waals surface area (Å²) in [7, 11) is 3.66. The highest BCUT2D eigenvalue weighted by molar-refractivity contribution is 6.35. The van der Waals surface area contributed by atoms with E-state index >= 15 is 0 Å². The lowest BCUT2D eigenvalue weighted by Gasteiger charge is -2.04. The highest BCUT2D eigenvalue weighted by atomic mass is 35.5. The number of hydrogen-bond acceptors (Lipinski definition) is 3. The van der Waals surface area contributed by atoms with E-state index in [0.717, 1.165) is 5.56 Å². The zero-order valence-corrected chi connectivity index (χ0v) is 10.3. The first-order valence-corrected chi connectivity index (χ1v) is 5.41. The van der Waals surface area contributed by atoms with Crippen molar-refractivity contribution in [1.29, 1.82) is 0 Å². The van der Waals surface area contributed by atoms with E-state index in [-0.39, 0.29) is 0 Å². The minimum absolute atomic E-state index is 0.580. The van der Waals surface area contributed by atoms with Crippen molar-refractivity contribution in [1.82, 2.24) is 14.8 Å². The first-order chi connectivity index (χ1) is 7.61. The molecule has 1 aromatic heterocycles. The first-order valence-electron chi connectivity index (χ1n) is 4.65. The van der Waals surface area contributed by atoms with Gasteiger partial charge in [0.05, 0.1) is 0 Å². The second-order valence-corrected chi connectivity index (χ2v) is 4.19. The average Bonchev–Trinajstić information content (AvgIpc) is 2.58. The van der Waals surface area contributed by atoms with Crippen LogP contribution in [0.4, 0.5) is 5.95 Å². The van der Waals surface area contributed by atoms with Gasteiger partial charge in [-0.1, -0.05) is 23.2 Å². The molecule has 6 heteroatoms. The number of halogens is 2. The Kier molecular flexibility index (Phi) is 3.03. The molecule has 2 aromatic rings. The fourth-order valence-corrected chi connectivity index (χ4v) is 2.01. The number of anilines is 1. The van der Waals surface area contributed by atoms with Crippen molar-refractivity contribution in [2.45, 2.75) is 0 Å². The van der Waals surface area contributed by atoms with Crippen LogP contribution in [0.25, 0.3) is 11.4 Å². The molecule has 0 atom stereocenters. The maximum Gasteiger partial charge on any atom is 0.224 e. The van der Waals surface area contributed by atoms with Gasteiger partial charge in [-0.15, -0.1) is 10.2 Å². The van der Waals surface area contributed by atoms with Gasteiger partial charge in [0.2, 0.25) is 5.95 Å². The lowest BCUT2D eigenvalue weighted by molar-refractivity contribution is 0.925. The van der Waals surface area contributed by atoms with E-state index in [9.17, 15) is 0 Å². The Morgan fingerprint density at radius 2 is 1.75 bits per heavy atom. The number of nitrogens with one attached hydrogen (secondary N) is 1. The fraction of sp³-hybridized carbons (Fsp3) is 0.200. The predicted octanol–water partition coefficient (Wildman–Crippen LogP) is 2.83. The number of rotatable bonds is 2. The topological polar surface area (TPSA) is 42.7 Å². The summed E-state index contributed by atoms with van der Waals surface area (Å²) in [5.41, 5.74) is 0.842. The molecule has 0 aliphatic carbocycles. The summed E-state index contributed by atoms with van der Waals surface area (Å²) < 4.78 is 1.84. The highest BCUT2D eigenvalue weighted by Crippen LogP contribution is 2.26. The zero-order chi connectivity index (χ0) is 11.7. The zero-order valence-electron chi connectivity index (χ0n) is 8.83. The minimum Gasteiger partial charge on any atom is -0.357 e. The number of nitrogens with zero attached hydrogens (tertiary/aromatic N) is 3. The van der Waals surface area contributed by atoms with Crippen LogP contribution in [0.15, 0.2) is 18.2 Å². The first kappa shape index (κ1) is 11.2. The molecule has 84 valence electrons. The monoisotopic (exact) mass is 256 g/mol. The third-order valence-electron chi connectivity index (χ3n) is 2.22. The van der Waals surface area contributed by atoms with Gasteiger partial charge >= 0.3 is 0 Å². The lowest BCUT2D eigenvalue weighted by atomic mass is 10.2. The Balaban J connectivity index is 2.54. The van der Waals surface area contributed by atoms with Crippen LogP contribution in [0.5, 0.6) is 0 Å². The van der Waals surface area contributed by atoms with E-state index in [1.807, 2.05) is 11.6 Å². The summed E-state index contributed by atoms with van der Waals surface area (Å²) in [5.74, 6) is 1.40. The van der Waals surface area contributed by atoms with Crippen LogP contribution in [0.1, 0.15) is 0 Å². The average molecular weight is 257 g/mol. The maximum absolute atomic E-state index is 5.94. The van der Waals surface area contributed by atoms with Gasteiger partial charge in [-0.05, 0) is 18.2 Å². The molecule has 0 spiro atoms. The summed E-state index contributed by atoms with van der Waals surface area (Å²) in [6.45, 7) is 0. The molecule has 0 fully saturated rings. The second kappa shape index (κ2) is 4.31. The van der Waals surface area contributed by atoms with Crippen LogP contribution in [0.2, 0.25) is 10.0 Å². The molecular weight excluding hydrogens is 247 g/mol. The molecule has 0 aliphatic rings. The van der Waals surface area contributed by atoms with Crippen LogP contribution in [-0.2, 0) is 7.05 Å². The van der Waals surface area contributed by atoms with Crippen LogP contribution < -0.4 is 5.32 Å². The minimum atomic E-state index is 0.580. The van der Waals surface area contributed by atoms with Gasteiger partial charge in [0.1, 0.15) is 0 Å². The molecule has 4 nitrogen and oxygen atoms in total. The Morgan fingerprint density at radius 1 is 1.12 bits per heavy atom. The van der Waals surface area contributed by atoms with Crippen molar-refractivity contribution >= 4 is 29.2 Å². The van der Waals surface area contributed by atoms with E-state index in [1.54, 1.807) is 25.2 Å². The Hall–Kier alpha value is -1.26. The fourth-order valence-electron chi connectivity index (χ4n) is 1.48. The lowest BCUT2D eigenvalue weighted by Crippen LogP contribution is -1.99. The molecule has 0 aliphatic heterocycles. The van der Waals surface area contributed by atoms with E-state index in [0.29, 0.717) is 21.8 Å². The van der Waals surface area contributed by atoms with Gasteiger partial charge in [-0.25, -0.2) is 0 Å². The third kappa shape index (κ3) is 1.99. The molecule has 1 N–H and O–H groups in total. The normalized spacial score (nSPS) is 10.5. The molecule has 0 bridgehead atoms. The van der Waals surface area contributed by atoms with E-state index in [2.05, 4.69) is 15.5 Å². The van der Waals surface area contributed by atoms with Crippen LogP contribution in [0.3, 0.4) is 0 Å². The Labute approximate surface area is 103 Å². The highest BCUT2D eigenvalue weighted by Gasteiger charge is 2.10. The van der Waals surface area contributed by atoms with Gasteiger partial charge in [0.15, 0.2) is 5.82 Å². The summed E-state index contributed by atoms with van der Waals surface area (Å²) in [5, 5.41) is 12.2. The van der Waals surface area contributed by atoms with Crippen molar-refractivity contribution < 1.29 is 0 Å². The molecule has 0 saturated heterocycles. The summed E-state index contributed by atoms with van der Waals surface area (Å²) in [4.78, 5) is 0. The quantitative estimate of drug-likeness (QED) is 0.899. The van der Waals surface area contributed by atoms with Gasteiger partial charge < -0.3 is 5.32 Å². The van der Waals surface area contributed by atoms with Gasteiger partial charge in [-0.2, -0.15) is 0 Å². The number of hydrogen-bond donors (Lipinski definition) is 1. The van der Waals surface area contributed by atoms with Crippen molar-refractivity contribution in [2.24, 2.45) is 7.05 Å². The predicted molar refractivity (Wildman–Crippen MR) is 66.0 cm³/mol. The van der Waals surface area contributed by atoms with E-state index < -0.39 is 0 Å². The molecule has 0 saturated carbocycles. The Bertz CT molecular complexity index is 501. The molecule has 0 amide bonds. The molecule has 1 heterocycles. The van der Waals surface area contributed by atoms with Gasteiger partial charge in [-0.3, -0.25) is 4.57 Å². The van der Waals surface area contributed by atoms with Crippen LogP contribution >= 0.6 is 23.2 Å². The summed E-state index contributed by atoms with van der Waals surface area (Å²) in [6.07, 6.45) is 0. The summed E-state index contributed by atoms with van der Waals surface area (Å²) >= 11 is 11.9. The SMILES string of the molecule is CNc1nnc(-c2cc(Cl)cc(Cl)c2)n1C. The van der Waals surface area contributed by atoms with Gasteiger partial charge in [0, 0.05) is 29.7 Å². The van der Waals surface area contributed by atoms with Crippen molar-refractivity contribution in [3.63, 3.8) is 0 Å². The summed E-state index contributed by atoms with van der Waals surface area (Å²) in [6, 6.07) is 5.29. The Morgan fingerprint density at radius 3 is 2.25 bits per heavy atom. The maximum atomic E-state index is 5.94. The van der Waals surface area contributed by atoms with Gasteiger partial charge in [0.25, 0.3) is 0 Å². The smallest absolute Gasteiger partial charge is 0.224 e. The third-order valence-corrected chi connectivity index (χ3v) is 2.66. The van der Waals surface area contributed by atoms with Crippen LogP contribution in [0, 0.1) is 0 Å². The standard InChI is InChI=1S/C10H10Cl2N4/c1-13-10-15-14-9(16(10)2)6-3-7(11)5-8(12)4-6/h3-5H,1-2H3,(H,13,15). The van der Waals surface area contributed by atoms with Crippen molar-refractivity contribution in [2.75, 3.05) is 12.4 Å². The molecule has 16 heavy (non-hydrogen) atoms. The molecule has 0 unspecified atom stereocenters. The van der Waals surface area contributed by atoms with Crippen LogP contribution in [-0.4, -0.2) is 21.8 Å². The number of aromatic nitrogens is 3. The molecule has 1 aromatic carbocycles.